The van der Waals surface area contributed by atoms with Crippen LogP contribution in [0.2, 0.25) is 5.02 Å². The summed E-state index contributed by atoms with van der Waals surface area (Å²) in [5.74, 6) is -0.430. The predicted molar refractivity (Wildman–Crippen MR) is 78.1 cm³/mol. The summed E-state index contributed by atoms with van der Waals surface area (Å²) in [5, 5.41) is 3.15. The van der Waals surface area contributed by atoms with Gasteiger partial charge in [-0.3, -0.25) is 9.69 Å². The van der Waals surface area contributed by atoms with Crippen molar-refractivity contribution < 1.29 is 9.18 Å². The van der Waals surface area contributed by atoms with E-state index in [1.54, 1.807) is 12.1 Å². The van der Waals surface area contributed by atoms with E-state index < -0.39 is 0 Å². The average molecular weight is 299 g/mol. The van der Waals surface area contributed by atoms with E-state index in [1.807, 2.05) is 7.05 Å². The first-order valence-corrected chi connectivity index (χ1v) is 7.38. The molecule has 2 rings (SSSR count). The summed E-state index contributed by atoms with van der Waals surface area (Å²) in [7, 11) is 1.96. The molecule has 0 aliphatic carbocycles. The summed E-state index contributed by atoms with van der Waals surface area (Å²) in [6, 6.07) is 4.42. The molecule has 0 unspecified atom stereocenters. The van der Waals surface area contributed by atoms with Crippen LogP contribution in [0.25, 0.3) is 0 Å². The SMILES string of the molecule is CN1CCCCC[C@H]1C(=O)NCc1c(F)cccc1Cl. The first-order valence-electron chi connectivity index (χ1n) is 7.00. The van der Waals surface area contributed by atoms with Gasteiger partial charge in [-0.15, -0.1) is 0 Å². The summed E-state index contributed by atoms with van der Waals surface area (Å²) in [4.78, 5) is 14.3. The smallest absolute Gasteiger partial charge is 0.237 e. The van der Waals surface area contributed by atoms with Crippen molar-refractivity contribution in [2.75, 3.05) is 13.6 Å². The molecule has 0 saturated carbocycles. The number of hydrogen-bond donors (Lipinski definition) is 1. The third-order valence-electron chi connectivity index (χ3n) is 3.82. The van der Waals surface area contributed by atoms with Crippen LogP contribution in [0.3, 0.4) is 0 Å². The number of likely N-dealkylation sites (tertiary alicyclic amines) is 1. The highest BCUT2D eigenvalue weighted by Gasteiger charge is 2.24. The molecule has 20 heavy (non-hydrogen) atoms. The summed E-state index contributed by atoms with van der Waals surface area (Å²) < 4.78 is 13.6. The van der Waals surface area contributed by atoms with Gasteiger partial charge in [-0.05, 0) is 38.6 Å². The zero-order valence-corrected chi connectivity index (χ0v) is 12.4. The monoisotopic (exact) mass is 298 g/mol. The van der Waals surface area contributed by atoms with Crippen molar-refractivity contribution >= 4 is 17.5 Å². The second-order valence-electron chi connectivity index (χ2n) is 5.26. The van der Waals surface area contributed by atoms with Gasteiger partial charge in [0.1, 0.15) is 5.82 Å². The molecule has 1 aliphatic rings. The first kappa shape index (κ1) is 15.3. The van der Waals surface area contributed by atoms with Gasteiger partial charge in [-0.2, -0.15) is 0 Å². The van der Waals surface area contributed by atoms with Crippen LogP contribution in [0, 0.1) is 5.82 Å². The Hall–Kier alpha value is -1.13. The lowest BCUT2D eigenvalue weighted by Crippen LogP contribution is -2.44. The number of nitrogens with one attached hydrogen (secondary N) is 1. The Labute approximate surface area is 124 Å². The van der Waals surface area contributed by atoms with Crippen molar-refractivity contribution in [2.24, 2.45) is 0 Å². The lowest BCUT2D eigenvalue weighted by Gasteiger charge is -2.24. The molecule has 110 valence electrons. The number of rotatable bonds is 3. The van der Waals surface area contributed by atoms with Crippen molar-refractivity contribution in [3.63, 3.8) is 0 Å². The van der Waals surface area contributed by atoms with E-state index >= 15 is 0 Å². The Morgan fingerprint density at radius 2 is 2.25 bits per heavy atom. The van der Waals surface area contributed by atoms with Gasteiger partial charge in [-0.1, -0.05) is 30.5 Å². The number of likely N-dealkylation sites (N-methyl/N-ethyl adjacent to an activating group) is 1. The predicted octanol–water partition coefficient (Wildman–Crippen LogP) is 2.97. The van der Waals surface area contributed by atoms with Crippen LogP contribution < -0.4 is 5.32 Å². The van der Waals surface area contributed by atoms with E-state index in [0.717, 1.165) is 32.2 Å². The topological polar surface area (TPSA) is 32.3 Å². The van der Waals surface area contributed by atoms with Crippen LogP contribution in [-0.2, 0) is 11.3 Å². The summed E-state index contributed by atoms with van der Waals surface area (Å²) >= 11 is 5.95. The molecule has 0 radical (unpaired) electrons. The van der Waals surface area contributed by atoms with Crippen LogP contribution in [0.1, 0.15) is 31.2 Å². The average Bonchev–Trinajstić information content (AvgIpc) is 2.62. The molecule has 1 aromatic rings. The van der Waals surface area contributed by atoms with Crippen LogP contribution >= 0.6 is 11.6 Å². The lowest BCUT2D eigenvalue weighted by molar-refractivity contribution is -0.126. The van der Waals surface area contributed by atoms with Gasteiger partial charge in [0.15, 0.2) is 0 Å². The molecule has 0 bridgehead atoms. The van der Waals surface area contributed by atoms with Gasteiger partial charge in [0.25, 0.3) is 0 Å². The second kappa shape index (κ2) is 7.04. The molecule has 1 amide bonds. The normalized spacial score (nSPS) is 20.4. The largest absolute Gasteiger partial charge is 0.350 e. The highest BCUT2D eigenvalue weighted by atomic mass is 35.5. The number of benzene rings is 1. The Morgan fingerprint density at radius 3 is 3.00 bits per heavy atom. The maximum atomic E-state index is 13.6. The van der Waals surface area contributed by atoms with E-state index in [0.29, 0.717) is 10.6 Å². The third-order valence-corrected chi connectivity index (χ3v) is 4.18. The van der Waals surface area contributed by atoms with E-state index in [4.69, 9.17) is 11.6 Å². The van der Waals surface area contributed by atoms with Gasteiger partial charge in [-0.25, -0.2) is 4.39 Å². The molecule has 1 saturated heterocycles. The zero-order chi connectivity index (χ0) is 14.5. The fraction of sp³-hybridized carbons (Fsp3) is 0.533. The molecular weight excluding hydrogens is 279 g/mol. The number of nitrogens with zero attached hydrogens (tertiary/aromatic N) is 1. The molecule has 5 heteroatoms. The quantitative estimate of drug-likeness (QED) is 0.930. The van der Waals surface area contributed by atoms with Gasteiger partial charge in [0.05, 0.1) is 6.04 Å². The number of carbonyl (C=O) groups is 1. The Bertz CT molecular complexity index is 461. The van der Waals surface area contributed by atoms with Crippen LogP contribution in [0.15, 0.2) is 18.2 Å². The standard InChI is InChI=1S/C15H20ClFN2O/c1-19-9-4-2-3-8-14(19)15(20)18-10-11-12(16)6-5-7-13(11)17/h5-7,14H,2-4,8-10H2,1H3,(H,18,20)/t14-/m0/s1. The highest BCUT2D eigenvalue weighted by Crippen LogP contribution is 2.19. The minimum absolute atomic E-state index is 0.0475. The number of amides is 1. The van der Waals surface area contributed by atoms with E-state index in [-0.39, 0.29) is 24.3 Å². The summed E-state index contributed by atoms with van der Waals surface area (Å²) in [6.45, 7) is 1.06. The van der Waals surface area contributed by atoms with Crippen LogP contribution in [-0.4, -0.2) is 30.4 Å². The fourth-order valence-electron chi connectivity index (χ4n) is 2.58. The molecule has 0 aromatic heterocycles. The zero-order valence-electron chi connectivity index (χ0n) is 11.7. The number of carbonyl (C=O) groups excluding carboxylic acids is 1. The maximum absolute atomic E-state index is 13.6. The van der Waals surface area contributed by atoms with Crippen LogP contribution in [0.4, 0.5) is 4.39 Å². The van der Waals surface area contributed by atoms with E-state index in [1.165, 1.54) is 6.07 Å². The summed E-state index contributed by atoms with van der Waals surface area (Å²) in [5.41, 5.74) is 0.346. The molecule has 1 atom stereocenters. The van der Waals surface area contributed by atoms with Crippen molar-refractivity contribution in [2.45, 2.75) is 38.3 Å². The third kappa shape index (κ3) is 3.70. The first-order chi connectivity index (χ1) is 9.59. The van der Waals surface area contributed by atoms with Gasteiger partial charge in [0, 0.05) is 17.1 Å². The number of halogens is 2. The van der Waals surface area contributed by atoms with Crippen molar-refractivity contribution in [1.29, 1.82) is 0 Å². The minimum Gasteiger partial charge on any atom is -0.350 e. The van der Waals surface area contributed by atoms with E-state index in [9.17, 15) is 9.18 Å². The molecule has 1 aromatic carbocycles. The van der Waals surface area contributed by atoms with Crippen molar-refractivity contribution in [3.8, 4) is 0 Å². The van der Waals surface area contributed by atoms with E-state index in [2.05, 4.69) is 10.2 Å². The molecular formula is C15H20ClFN2O. The fourth-order valence-corrected chi connectivity index (χ4v) is 2.81. The molecule has 1 N–H and O–H groups in total. The Kier molecular flexibility index (Phi) is 5.38. The van der Waals surface area contributed by atoms with Crippen molar-refractivity contribution in [1.82, 2.24) is 10.2 Å². The highest BCUT2D eigenvalue weighted by molar-refractivity contribution is 6.31. The Balaban J connectivity index is 1.97. The molecule has 1 heterocycles. The van der Waals surface area contributed by atoms with Gasteiger partial charge < -0.3 is 5.32 Å². The van der Waals surface area contributed by atoms with Gasteiger partial charge >= 0.3 is 0 Å². The minimum atomic E-state index is -0.382. The summed E-state index contributed by atoms with van der Waals surface area (Å²) in [6.07, 6.45) is 4.20. The molecule has 0 spiro atoms. The second-order valence-corrected chi connectivity index (χ2v) is 5.67. The molecule has 1 aliphatic heterocycles. The molecule has 3 nitrogen and oxygen atoms in total. The number of hydrogen-bond acceptors (Lipinski definition) is 2. The molecule has 1 fully saturated rings. The maximum Gasteiger partial charge on any atom is 0.237 e. The van der Waals surface area contributed by atoms with Gasteiger partial charge in [0.2, 0.25) is 5.91 Å². The Morgan fingerprint density at radius 1 is 1.45 bits per heavy atom. The van der Waals surface area contributed by atoms with Crippen LogP contribution in [0.5, 0.6) is 0 Å². The lowest BCUT2D eigenvalue weighted by atomic mass is 10.1. The van der Waals surface area contributed by atoms with Crippen molar-refractivity contribution in [3.05, 3.63) is 34.6 Å².